The molecule has 1 atom stereocenters. The Bertz CT molecular complexity index is 409. The molecule has 0 saturated carbocycles. The average Bonchev–Trinajstić information content (AvgIpc) is 2.57. The van der Waals surface area contributed by atoms with E-state index in [4.69, 9.17) is 4.74 Å². The molecule has 0 spiro atoms. The lowest BCUT2D eigenvalue weighted by molar-refractivity contribution is 0.0361. The zero-order valence-electron chi connectivity index (χ0n) is 12.7. The highest BCUT2D eigenvalue weighted by molar-refractivity contribution is 7.99. The van der Waals surface area contributed by atoms with Crippen molar-refractivity contribution < 1.29 is 4.74 Å². The molecule has 2 heterocycles. The monoisotopic (exact) mass is 306 g/mol. The normalized spacial score (nSPS) is 25.0. The lowest BCUT2D eigenvalue weighted by atomic mass is 10.1. The van der Waals surface area contributed by atoms with Gasteiger partial charge in [0, 0.05) is 37.2 Å². The van der Waals surface area contributed by atoms with E-state index in [9.17, 15) is 0 Å². The lowest BCUT2D eigenvalue weighted by Gasteiger charge is -2.33. The molecule has 4 heteroatoms. The van der Waals surface area contributed by atoms with Crippen LogP contribution in [0.25, 0.3) is 0 Å². The Morgan fingerprint density at radius 1 is 1.00 bits per heavy atom. The van der Waals surface area contributed by atoms with Crippen molar-refractivity contribution in [1.29, 1.82) is 0 Å². The smallest absolute Gasteiger partial charge is 0.0594 e. The molecule has 2 aliphatic heterocycles. The van der Waals surface area contributed by atoms with Crippen molar-refractivity contribution in [3.05, 3.63) is 35.9 Å². The zero-order valence-corrected chi connectivity index (χ0v) is 13.6. The summed E-state index contributed by atoms with van der Waals surface area (Å²) in [5.74, 6) is 1.26. The summed E-state index contributed by atoms with van der Waals surface area (Å²) >= 11 is 2.11. The number of morpholine rings is 1. The van der Waals surface area contributed by atoms with Crippen LogP contribution in [0, 0.1) is 0 Å². The molecular weight excluding hydrogens is 280 g/mol. The van der Waals surface area contributed by atoms with E-state index in [-0.39, 0.29) is 0 Å². The Labute approximate surface area is 132 Å². The standard InChI is InChI=1S/C17H26N2OS/c1-2-5-16(6-3-1)17-15-19(11-14-21-17)8-4-7-18-9-12-20-13-10-18/h1-3,5-6,17H,4,7-15H2/t17-/m1/s1. The Morgan fingerprint density at radius 2 is 1.76 bits per heavy atom. The maximum atomic E-state index is 5.40. The van der Waals surface area contributed by atoms with Crippen molar-refractivity contribution in [2.24, 2.45) is 0 Å². The summed E-state index contributed by atoms with van der Waals surface area (Å²) in [5, 5.41) is 0.656. The van der Waals surface area contributed by atoms with E-state index in [1.165, 1.54) is 43.9 Å². The number of ether oxygens (including phenoxy) is 1. The van der Waals surface area contributed by atoms with Gasteiger partial charge in [-0.3, -0.25) is 4.90 Å². The van der Waals surface area contributed by atoms with Gasteiger partial charge >= 0.3 is 0 Å². The van der Waals surface area contributed by atoms with Crippen molar-refractivity contribution in [3.8, 4) is 0 Å². The van der Waals surface area contributed by atoms with Gasteiger partial charge in [0.15, 0.2) is 0 Å². The van der Waals surface area contributed by atoms with Crippen LogP contribution in [0.3, 0.4) is 0 Å². The number of rotatable bonds is 5. The van der Waals surface area contributed by atoms with Gasteiger partial charge in [-0.1, -0.05) is 30.3 Å². The molecule has 3 rings (SSSR count). The van der Waals surface area contributed by atoms with E-state index in [0.717, 1.165) is 26.3 Å². The third-order valence-electron chi connectivity index (χ3n) is 4.37. The maximum Gasteiger partial charge on any atom is 0.0594 e. The predicted octanol–water partition coefficient (Wildman–Crippen LogP) is 2.50. The number of thioether (sulfide) groups is 1. The van der Waals surface area contributed by atoms with Gasteiger partial charge in [-0.15, -0.1) is 0 Å². The van der Waals surface area contributed by atoms with Crippen LogP contribution in [0.2, 0.25) is 0 Å². The molecule has 2 saturated heterocycles. The van der Waals surface area contributed by atoms with Gasteiger partial charge in [0.25, 0.3) is 0 Å². The number of hydrogen-bond acceptors (Lipinski definition) is 4. The van der Waals surface area contributed by atoms with E-state index >= 15 is 0 Å². The van der Waals surface area contributed by atoms with Crippen LogP contribution in [-0.2, 0) is 4.74 Å². The molecule has 2 aliphatic rings. The van der Waals surface area contributed by atoms with Crippen molar-refractivity contribution in [1.82, 2.24) is 9.80 Å². The van der Waals surface area contributed by atoms with E-state index in [0.29, 0.717) is 5.25 Å². The fraction of sp³-hybridized carbons (Fsp3) is 0.647. The predicted molar refractivity (Wildman–Crippen MR) is 90.0 cm³/mol. The van der Waals surface area contributed by atoms with Crippen molar-refractivity contribution >= 4 is 11.8 Å². The Balaban J connectivity index is 1.41. The summed E-state index contributed by atoms with van der Waals surface area (Å²) in [7, 11) is 0. The fourth-order valence-electron chi connectivity index (χ4n) is 3.12. The Kier molecular flexibility index (Phi) is 5.98. The van der Waals surface area contributed by atoms with Crippen LogP contribution >= 0.6 is 11.8 Å². The second-order valence-corrected chi connectivity index (χ2v) is 7.19. The largest absolute Gasteiger partial charge is 0.379 e. The zero-order chi connectivity index (χ0) is 14.3. The third kappa shape index (κ3) is 4.71. The Morgan fingerprint density at radius 3 is 2.57 bits per heavy atom. The average molecular weight is 306 g/mol. The summed E-state index contributed by atoms with van der Waals surface area (Å²) in [6.07, 6.45) is 1.28. The minimum Gasteiger partial charge on any atom is -0.379 e. The van der Waals surface area contributed by atoms with Crippen molar-refractivity contribution in [2.45, 2.75) is 11.7 Å². The van der Waals surface area contributed by atoms with Crippen LogP contribution in [0.15, 0.2) is 30.3 Å². The number of nitrogens with zero attached hydrogens (tertiary/aromatic N) is 2. The molecule has 1 aromatic rings. The van der Waals surface area contributed by atoms with Gasteiger partial charge < -0.3 is 9.64 Å². The first-order chi connectivity index (χ1) is 10.4. The minimum absolute atomic E-state index is 0.656. The van der Waals surface area contributed by atoms with Crippen LogP contribution in [0.1, 0.15) is 17.2 Å². The fourth-order valence-corrected chi connectivity index (χ4v) is 4.43. The quantitative estimate of drug-likeness (QED) is 0.830. The van der Waals surface area contributed by atoms with Gasteiger partial charge in [-0.25, -0.2) is 0 Å². The number of hydrogen-bond donors (Lipinski definition) is 0. The van der Waals surface area contributed by atoms with E-state index < -0.39 is 0 Å². The van der Waals surface area contributed by atoms with Gasteiger partial charge in [0.2, 0.25) is 0 Å². The summed E-state index contributed by atoms with van der Waals surface area (Å²) in [5.41, 5.74) is 1.49. The van der Waals surface area contributed by atoms with Gasteiger partial charge in [0.1, 0.15) is 0 Å². The third-order valence-corrected chi connectivity index (χ3v) is 5.62. The molecule has 0 aromatic heterocycles. The molecule has 0 unspecified atom stereocenters. The Hall–Kier alpha value is -0.550. The first-order valence-corrected chi connectivity index (χ1v) is 9.16. The summed E-state index contributed by atoms with van der Waals surface area (Å²) in [6, 6.07) is 11.0. The molecular formula is C17H26N2OS. The summed E-state index contributed by atoms with van der Waals surface area (Å²) in [4.78, 5) is 5.19. The SMILES string of the molecule is c1ccc([C@H]2CN(CCCN3CCOCC3)CCS2)cc1. The molecule has 0 radical (unpaired) electrons. The van der Waals surface area contributed by atoms with Crippen LogP contribution in [0.5, 0.6) is 0 Å². The molecule has 0 bridgehead atoms. The first-order valence-electron chi connectivity index (χ1n) is 8.11. The molecule has 21 heavy (non-hydrogen) atoms. The molecule has 0 N–H and O–H groups in total. The minimum atomic E-state index is 0.656. The van der Waals surface area contributed by atoms with Crippen LogP contribution in [-0.4, -0.2) is 68.0 Å². The van der Waals surface area contributed by atoms with Crippen molar-refractivity contribution in [2.75, 3.05) is 58.2 Å². The first kappa shape index (κ1) is 15.3. The molecule has 2 fully saturated rings. The number of benzene rings is 1. The van der Waals surface area contributed by atoms with Gasteiger partial charge in [0.05, 0.1) is 13.2 Å². The molecule has 1 aromatic carbocycles. The van der Waals surface area contributed by atoms with Crippen LogP contribution in [0.4, 0.5) is 0 Å². The maximum absolute atomic E-state index is 5.40. The molecule has 116 valence electrons. The second kappa shape index (κ2) is 8.18. The lowest BCUT2D eigenvalue weighted by Crippen LogP contribution is -2.39. The second-order valence-electron chi connectivity index (χ2n) is 5.88. The van der Waals surface area contributed by atoms with Crippen LogP contribution < -0.4 is 0 Å². The van der Waals surface area contributed by atoms with E-state index in [1.54, 1.807) is 0 Å². The highest BCUT2D eigenvalue weighted by atomic mass is 32.2. The van der Waals surface area contributed by atoms with E-state index in [2.05, 4.69) is 51.9 Å². The highest BCUT2D eigenvalue weighted by Gasteiger charge is 2.21. The molecule has 0 amide bonds. The van der Waals surface area contributed by atoms with Crippen molar-refractivity contribution in [3.63, 3.8) is 0 Å². The highest BCUT2D eigenvalue weighted by Crippen LogP contribution is 2.32. The molecule has 0 aliphatic carbocycles. The van der Waals surface area contributed by atoms with Gasteiger partial charge in [-0.05, 0) is 25.1 Å². The summed E-state index contributed by atoms with van der Waals surface area (Å²) in [6.45, 7) is 8.97. The molecule has 3 nitrogen and oxygen atoms in total. The summed E-state index contributed by atoms with van der Waals surface area (Å²) < 4.78 is 5.40. The topological polar surface area (TPSA) is 15.7 Å². The van der Waals surface area contributed by atoms with E-state index in [1.807, 2.05) is 0 Å². The van der Waals surface area contributed by atoms with Gasteiger partial charge in [-0.2, -0.15) is 11.8 Å².